The van der Waals surface area contributed by atoms with Gasteiger partial charge >= 0.3 is 41.8 Å². The number of nitrogens with one attached hydrogen (secondary N) is 1. The van der Waals surface area contributed by atoms with Gasteiger partial charge in [-0.25, -0.2) is 33.8 Å². The van der Waals surface area contributed by atoms with Crippen molar-refractivity contribution in [2.24, 2.45) is 5.10 Å². The van der Waals surface area contributed by atoms with Crippen LogP contribution in [0.3, 0.4) is 0 Å². The molecule has 1 heterocycles. The zero-order chi connectivity index (χ0) is 60.6. The van der Waals surface area contributed by atoms with Crippen LogP contribution < -0.4 is 24.4 Å². The molecule has 85 heavy (non-hydrogen) atoms. The number of anilines is 1. The van der Waals surface area contributed by atoms with Crippen molar-refractivity contribution in [1.82, 2.24) is 4.98 Å². The third-order valence-corrected chi connectivity index (χ3v) is 12.7. The van der Waals surface area contributed by atoms with E-state index in [1.807, 2.05) is 24.3 Å². The van der Waals surface area contributed by atoms with Crippen LogP contribution in [0.4, 0.5) is 5.13 Å². The molecule has 0 aliphatic heterocycles. The van der Waals surface area contributed by atoms with E-state index in [0.717, 1.165) is 34.0 Å². The van der Waals surface area contributed by atoms with E-state index in [1.165, 1.54) is 66.1 Å². The first-order valence-electron chi connectivity index (χ1n) is 27.0. The van der Waals surface area contributed by atoms with Crippen LogP contribution in [0.2, 0.25) is 0 Å². The van der Waals surface area contributed by atoms with E-state index in [4.69, 9.17) is 52.1 Å². The lowest BCUT2D eigenvalue weighted by Crippen LogP contribution is -2.29. The number of thiazole rings is 1. The van der Waals surface area contributed by atoms with E-state index in [1.54, 1.807) is 49.4 Å². The number of fused-ring (bicyclic) bond motifs is 1. The summed E-state index contributed by atoms with van der Waals surface area (Å²) in [5.41, 5.74) is 5.55. The number of aromatic nitrogens is 1. The fraction of sp³-hybridized carbons (Fsp3) is 0.286. The van der Waals surface area contributed by atoms with E-state index in [-0.39, 0.29) is 80.2 Å². The normalized spacial score (nSPS) is 11.5. The van der Waals surface area contributed by atoms with Crippen LogP contribution in [0, 0.1) is 0 Å². The number of hydrogen-bond acceptors (Lipinski definition) is 22. The molecule has 446 valence electrons. The van der Waals surface area contributed by atoms with Gasteiger partial charge in [0.15, 0.2) is 12.2 Å². The molecule has 0 saturated heterocycles. The minimum Gasteiger partial charge on any atom is -0.490 e. The van der Waals surface area contributed by atoms with Gasteiger partial charge in [0.25, 0.3) is 0 Å². The molecule has 0 aliphatic carbocycles. The molecular weight excluding hydrogens is 1120 g/mol. The summed E-state index contributed by atoms with van der Waals surface area (Å²) >= 11 is 1.41. The van der Waals surface area contributed by atoms with Gasteiger partial charge in [-0.3, -0.25) is 10.2 Å². The average Bonchev–Trinajstić information content (AvgIpc) is 4.18. The maximum Gasteiger partial charge on any atom is 0.343 e. The highest BCUT2D eigenvalue weighted by atomic mass is 32.1. The maximum absolute atomic E-state index is 13.5. The summed E-state index contributed by atoms with van der Waals surface area (Å²) in [6.07, 6.45) is 6.14. The highest BCUT2D eigenvalue weighted by Gasteiger charge is 2.19. The topological polar surface area (TPSA) is 258 Å². The Morgan fingerprint density at radius 3 is 1.66 bits per heavy atom. The zero-order valence-corrected chi connectivity index (χ0v) is 47.6. The molecule has 0 bridgehead atoms. The second kappa shape index (κ2) is 35.5. The Morgan fingerprint density at radius 1 is 0.565 bits per heavy atom. The van der Waals surface area contributed by atoms with Crippen molar-refractivity contribution in [2.45, 2.75) is 57.7 Å². The molecule has 0 aliphatic rings. The lowest BCUT2D eigenvalue weighted by atomic mass is 10.1. The third-order valence-electron chi connectivity index (χ3n) is 11.7. The number of para-hydroxylation sites is 1. The summed E-state index contributed by atoms with van der Waals surface area (Å²) in [4.78, 5) is 90.7. The first kappa shape index (κ1) is 64.7. The molecule has 6 rings (SSSR count). The van der Waals surface area contributed by atoms with Crippen LogP contribution in [0.5, 0.6) is 23.0 Å². The smallest absolute Gasteiger partial charge is 0.343 e. The number of rotatable bonds is 37. The average molecular weight is 1180 g/mol. The van der Waals surface area contributed by atoms with Crippen molar-refractivity contribution in [3.8, 4) is 23.0 Å². The minimum atomic E-state index is -0.763. The molecule has 2 unspecified atom stereocenters. The van der Waals surface area contributed by atoms with Gasteiger partial charge in [0.2, 0.25) is 5.13 Å². The van der Waals surface area contributed by atoms with Gasteiger partial charge in [-0.1, -0.05) is 56.2 Å². The Morgan fingerprint density at radius 2 is 1.09 bits per heavy atom. The highest BCUT2D eigenvalue weighted by Crippen LogP contribution is 2.27. The molecule has 21 nitrogen and oxygen atoms in total. The van der Waals surface area contributed by atoms with E-state index >= 15 is 0 Å². The van der Waals surface area contributed by atoms with Gasteiger partial charge in [-0.05, 0) is 128 Å². The van der Waals surface area contributed by atoms with Crippen molar-refractivity contribution >= 4 is 74.7 Å². The van der Waals surface area contributed by atoms with Crippen LogP contribution in [0.25, 0.3) is 10.2 Å². The summed E-state index contributed by atoms with van der Waals surface area (Å²) in [5.74, 6) is -2.87. The van der Waals surface area contributed by atoms with Crippen molar-refractivity contribution < 1.29 is 85.7 Å². The molecule has 0 saturated carbocycles. The van der Waals surface area contributed by atoms with E-state index in [9.17, 15) is 33.6 Å². The maximum atomic E-state index is 13.5. The number of benzene rings is 5. The summed E-state index contributed by atoms with van der Waals surface area (Å²) < 4.78 is 61.7. The largest absolute Gasteiger partial charge is 0.490 e. The summed E-state index contributed by atoms with van der Waals surface area (Å²) in [7, 11) is 0. The first-order valence-corrected chi connectivity index (χ1v) is 27.9. The number of carbonyl (C=O) groups excluding carboxylic acids is 7. The molecular formula is C63H65N3O18S. The number of esters is 7. The van der Waals surface area contributed by atoms with Gasteiger partial charge in [0, 0.05) is 49.8 Å². The molecule has 0 amide bonds. The van der Waals surface area contributed by atoms with Crippen LogP contribution in [0.1, 0.15) is 81.2 Å². The van der Waals surface area contributed by atoms with Gasteiger partial charge in [-0.2, -0.15) is 5.10 Å². The quantitative estimate of drug-likeness (QED) is 0.00723. The molecule has 1 N–H and O–H groups in total. The second-order valence-corrected chi connectivity index (χ2v) is 19.2. The lowest BCUT2D eigenvalue weighted by molar-refractivity contribution is -0.148. The molecule has 5 aromatic carbocycles. The Hall–Kier alpha value is -9.51. The van der Waals surface area contributed by atoms with Gasteiger partial charge < -0.3 is 52.1 Å². The Labute approximate surface area is 495 Å². The second-order valence-electron chi connectivity index (χ2n) is 18.1. The van der Waals surface area contributed by atoms with Crippen molar-refractivity contribution in [2.75, 3.05) is 64.9 Å². The summed E-state index contributed by atoms with van der Waals surface area (Å²) in [6, 6.07) is 30.9. The van der Waals surface area contributed by atoms with Crippen LogP contribution >= 0.6 is 11.3 Å². The van der Waals surface area contributed by atoms with Crippen LogP contribution in [0.15, 0.2) is 158 Å². The SMILES string of the molecule is C=CC(=O)OCCCCOCC(COc1ccc(C(=O)Oc2ccc(C(=O)OCCc3ccc(OC(=O)c4ccc(OCC(COCCCCOC(=O)CC)OC(=O)C=C)cc4)c(/C=N/Nc4nc5ccccc5s4)c3)cc2)cc1)OC(=O)C=C. The van der Waals surface area contributed by atoms with Crippen LogP contribution in [-0.4, -0.2) is 125 Å². The Bertz CT molecular complexity index is 3200. The fourth-order valence-electron chi connectivity index (χ4n) is 7.32. The summed E-state index contributed by atoms with van der Waals surface area (Å²) in [5, 5.41) is 4.94. The van der Waals surface area contributed by atoms with E-state index in [0.29, 0.717) is 74.1 Å². The predicted molar refractivity (Wildman–Crippen MR) is 314 cm³/mol. The van der Waals surface area contributed by atoms with Gasteiger partial charge in [-0.15, -0.1) is 0 Å². The van der Waals surface area contributed by atoms with Gasteiger partial charge in [0.1, 0.15) is 36.2 Å². The predicted octanol–water partition coefficient (Wildman–Crippen LogP) is 9.81. The molecule has 22 heteroatoms. The third kappa shape index (κ3) is 23.0. The number of carbonyl (C=O) groups is 7. The lowest BCUT2D eigenvalue weighted by Gasteiger charge is -2.18. The van der Waals surface area contributed by atoms with E-state index < -0.39 is 48.0 Å². The van der Waals surface area contributed by atoms with Gasteiger partial charge in [0.05, 0.1) is 66.2 Å². The standard InChI is InChI=1S/C63H65N3O18S/c1-5-56(67)76-34-13-11-32-74-39-51(81-58(69)7-3)41-79-48-24-18-45(19-25-48)61(72)83-50-28-22-44(23-29-50)60(71)78-36-31-43-17-30-54(47(37-43)38-64-66-63-65-53-15-9-10-16-55(53)85-63)84-62(73)46-20-26-49(27-21-46)80-42-52(82-59(70)8-4)40-75-33-12-14-35-77-57(68)6-2/h5,7-10,15-30,37-38,51-52H,1,3-4,6,11-14,31-36,39-42H2,2H3,(H,65,66)/b64-38+. The number of hydrogen-bond donors (Lipinski definition) is 1. The number of nitrogens with zero attached hydrogens (tertiary/aromatic N) is 2. The molecule has 6 aromatic rings. The monoisotopic (exact) mass is 1180 g/mol. The van der Waals surface area contributed by atoms with Crippen molar-refractivity contribution in [3.63, 3.8) is 0 Å². The van der Waals surface area contributed by atoms with E-state index in [2.05, 4.69) is 35.2 Å². The van der Waals surface area contributed by atoms with Crippen molar-refractivity contribution in [3.05, 3.63) is 181 Å². The number of ether oxygens (including phenoxy) is 11. The molecule has 0 spiro atoms. The summed E-state index contributed by atoms with van der Waals surface area (Å²) in [6.45, 7) is 13.1. The zero-order valence-electron chi connectivity index (χ0n) is 46.8. The van der Waals surface area contributed by atoms with Crippen LogP contribution in [-0.2, 0) is 58.8 Å². The number of unbranched alkanes of at least 4 members (excludes halogenated alkanes) is 2. The Kier molecular flexibility index (Phi) is 27.0. The molecule has 0 fully saturated rings. The molecule has 2 atom stereocenters. The minimum absolute atomic E-state index is 0.0146. The first-order chi connectivity index (χ1) is 41.3. The van der Waals surface area contributed by atoms with Crippen molar-refractivity contribution in [1.29, 1.82) is 0 Å². The highest BCUT2D eigenvalue weighted by molar-refractivity contribution is 7.22. The fourth-order valence-corrected chi connectivity index (χ4v) is 8.14. The molecule has 0 radical (unpaired) electrons. The molecule has 1 aromatic heterocycles. The Balaban J connectivity index is 0.990. The number of hydrazone groups is 1.